The highest BCUT2D eigenvalue weighted by atomic mass is 32.2. The molecule has 0 amide bonds. The SMILES string of the molecule is Cc1csc(CCNS(=O)(=O)c2ncccc2N)n1. The number of hydrogen-bond donors (Lipinski definition) is 2. The Labute approximate surface area is 115 Å². The first-order valence-corrected chi connectivity index (χ1v) is 7.96. The van der Waals surface area contributed by atoms with E-state index < -0.39 is 10.0 Å². The molecule has 0 aliphatic carbocycles. The Morgan fingerprint density at radius 1 is 1.47 bits per heavy atom. The lowest BCUT2D eigenvalue weighted by Gasteiger charge is -2.06. The van der Waals surface area contributed by atoms with Crippen LogP contribution < -0.4 is 10.5 Å². The largest absolute Gasteiger partial charge is 0.396 e. The number of anilines is 1. The van der Waals surface area contributed by atoms with Crippen LogP contribution in [0.3, 0.4) is 0 Å². The van der Waals surface area contributed by atoms with E-state index >= 15 is 0 Å². The van der Waals surface area contributed by atoms with Crippen molar-refractivity contribution in [3.63, 3.8) is 0 Å². The Kier molecular flexibility index (Phi) is 4.13. The highest BCUT2D eigenvalue weighted by Crippen LogP contribution is 2.14. The smallest absolute Gasteiger partial charge is 0.260 e. The molecule has 0 aromatic carbocycles. The number of thiazole rings is 1. The summed E-state index contributed by atoms with van der Waals surface area (Å²) in [5, 5.41) is 2.69. The van der Waals surface area contributed by atoms with Gasteiger partial charge in [-0.2, -0.15) is 0 Å². The van der Waals surface area contributed by atoms with Gasteiger partial charge in [-0.25, -0.2) is 23.1 Å². The van der Waals surface area contributed by atoms with Crippen molar-refractivity contribution < 1.29 is 8.42 Å². The molecule has 0 saturated carbocycles. The topological polar surface area (TPSA) is 98.0 Å². The molecule has 0 atom stereocenters. The normalized spacial score (nSPS) is 11.6. The van der Waals surface area contributed by atoms with Gasteiger partial charge in [0.15, 0.2) is 5.03 Å². The molecule has 102 valence electrons. The lowest BCUT2D eigenvalue weighted by Crippen LogP contribution is -2.27. The molecular formula is C11H14N4O2S2. The monoisotopic (exact) mass is 298 g/mol. The Bertz CT molecular complexity index is 667. The van der Waals surface area contributed by atoms with Crippen LogP contribution in [-0.2, 0) is 16.4 Å². The summed E-state index contributed by atoms with van der Waals surface area (Å²) in [6.45, 7) is 2.17. The molecule has 2 rings (SSSR count). The van der Waals surface area contributed by atoms with E-state index in [1.165, 1.54) is 23.6 Å². The van der Waals surface area contributed by atoms with E-state index in [1.807, 2.05) is 12.3 Å². The van der Waals surface area contributed by atoms with E-state index in [2.05, 4.69) is 14.7 Å². The zero-order chi connectivity index (χ0) is 13.9. The van der Waals surface area contributed by atoms with Crippen LogP contribution in [0, 0.1) is 6.92 Å². The van der Waals surface area contributed by atoms with Crippen molar-refractivity contribution in [1.29, 1.82) is 0 Å². The van der Waals surface area contributed by atoms with E-state index in [-0.39, 0.29) is 17.3 Å². The quantitative estimate of drug-likeness (QED) is 0.856. The molecule has 3 N–H and O–H groups in total. The molecule has 0 fully saturated rings. The van der Waals surface area contributed by atoms with Gasteiger partial charge in [0.05, 0.1) is 10.7 Å². The third-order valence-electron chi connectivity index (χ3n) is 2.35. The highest BCUT2D eigenvalue weighted by molar-refractivity contribution is 7.89. The number of nitrogens with one attached hydrogen (secondary N) is 1. The average Bonchev–Trinajstić information content (AvgIpc) is 2.75. The fourth-order valence-electron chi connectivity index (χ4n) is 1.51. The second-order valence-electron chi connectivity index (χ2n) is 3.93. The molecule has 19 heavy (non-hydrogen) atoms. The predicted molar refractivity (Wildman–Crippen MR) is 74.4 cm³/mol. The molecule has 0 spiro atoms. The van der Waals surface area contributed by atoms with Crippen molar-refractivity contribution in [1.82, 2.24) is 14.7 Å². The van der Waals surface area contributed by atoms with Crippen LogP contribution in [0.5, 0.6) is 0 Å². The molecular weight excluding hydrogens is 284 g/mol. The molecule has 2 heterocycles. The average molecular weight is 298 g/mol. The van der Waals surface area contributed by atoms with Crippen molar-refractivity contribution in [3.8, 4) is 0 Å². The predicted octanol–water partition coefficient (Wildman–Crippen LogP) is 0.950. The van der Waals surface area contributed by atoms with E-state index in [4.69, 9.17) is 5.73 Å². The molecule has 2 aromatic rings. The summed E-state index contributed by atoms with van der Waals surface area (Å²) in [5.41, 5.74) is 6.68. The van der Waals surface area contributed by atoms with Gasteiger partial charge >= 0.3 is 0 Å². The standard InChI is InChI=1S/C11H14N4O2S2/c1-8-7-18-10(15-8)4-6-14-19(16,17)11-9(12)3-2-5-13-11/h2-3,5,7,14H,4,6,12H2,1H3. The third kappa shape index (κ3) is 3.49. The van der Waals surface area contributed by atoms with E-state index in [0.29, 0.717) is 6.42 Å². The maximum absolute atomic E-state index is 12.0. The van der Waals surface area contributed by atoms with Crippen LogP contribution in [0.4, 0.5) is 5.69 Å². The molecule has 0 radical (unpaired) electrons. The van der Waals surface area contributed by atoms with Crippen LogP contribution >= 0.6 is 11.3 Å². The summed E-state index contributed by atoms with van der Waals surface area (Å²) in [6, 6.07) is 3.10. The van der Waals surface area contributed by atoms with Crippen LogP contribution in [0.25, 0.3) is 0 Å². The molecule has 0 unspecified atom stereocenters. The molecule has 0 saturated heterocycles. The first-order chi connectivity index (χ1) is 8.99. The Hall–Kier alpha value is -1.51. The summed E-state index contributed by atoms with van der Waals surface area (Å²) < 4.78 is 26.4. The molecule has 0 aliphatic heterocycles. The Morgan fingerprint density at radius 2 is 2.26 bits per heavy atom. The number of aromatic nitrogens is 2. The zero-order valence-corrected chi connectivity index (χ0v) is 12.0. The van der Waals surface area contributed by atoms with Crippen molar-refractivity contribution >= 4 is 27.0 Å². The first kappa shape index (κ1) is 13.9. The minimum Gasteiger partial charge on any atom is -0.396 e. The van der Waals surface area contributed by atoms with Crippen molar-refractivity contribution in [2.45, 2.75) is 18.4 Å². The number of nitrogen functional groups attached to an aromatic ring is 1. The second-order valence-corrected chi connectivity index (χ2v) is 6.55. The van der Waals surface area contributed by atoms with Crippen LogP contribution in [0.15, 0.2) is 28.7 Å². The van der Waals surface area contributed by atoms with Crippen molar-refractivity contribution in [2.75, 3.05) is 12.3 Å². The van der Waals surface area contributed by atoms with Gasteiger partial charge in [-0.15, -0.1) is 11.3 Å². The minimum absolute atomic E-state index is 0.134. The van der Waals surface area contributed by atoms with Gasteiger partial charge in [-0.05, 0) is 19.1 Å². The Balaban J connectivity index is 2.01. The summed E-state index contributed by atoms with van der Waals surface area (Å²) in [4.78, 5) is 8.06. The summed E-state index contributed by atoms with van der Waals surface area (Å²) in [6.07, 6.45) is 1.94. The van der Waals surface area contributed by atoms with Gasteiger partial charge < -0.3 is 5.73 Å². The molecule has 6 nitrogen and oxygen atoms in total. The highest BCUT2D eigenvalue weighted by Gasteiger charge is 2.18. The molecule has 8 heteroatoms. The van der Waals surface area contributed by atoms with Gasteiger partial charge in [-0.1, -0.05) is 0 Å². The van der Waals surface area contributed by atoms with E-state index in [1.54, 1.807) is 6.07 Å². The number of pyridine rings is 1. The van der Waals surface area contributed by atoms with Gasteiger partial charge in [0.25, 0.3) is 10.0 Å². The number of nitrogens with zero attached hydrogens (tertiary/aromatic N) is 2. The fraction of sp³-hybridized carbons (Fsp3) is 0.273. The van der Waals surface area contributed by atoms with Crippen molar-refractivity contribution in [3.05, 3.63) is 34.4 Å². The lowest BCUT2D eigenvalue weighted by atomic mass is 10.4. The van der Waals surface area contributed by atoms with Crippen molar-refractivity contribution in [2.24, 2.45) is 0 Å². The molecule has 0 aliphatic rings. The number of hydrogen-bond acceptors (Lipinski definition) is 6. The van der Waals surface area contributed by atoms with Gasteiger partial charge in [0, 0.05) is 30.2 Å². The number of rotatable bonds is 5. The number of aryl methyl sites for hydroxylation is 1. The van der Waals surface area contributed by atoms with E-state index in [9.17, 15) is 8.42 Å². The number of nitrogens with two attached hydrogens (primary N) is 1. The maximum atomic E-state index is 12.0. The molecule has 2 aromatic heterocycles. The molecule has 0 bridgehead atoms. The van der Waals surface area contributed by atoms with Gasteiger partial charge in [0.1, 0.15) is 0 Å². The third-order valence-corrected chi connectivity index (χ3v) is 4.81. The Morgan fingerprint density at radius 3 is 2.89 bits per heavy atom. The minimum atomic E-state index is -3.66. The van der Waals surface area contributed by atoms with Crippen LogP contribution in [0.2, 0.25) is 0 Å². The van der Waals surface area contributed by atoms with Crippen LogP contribution in [0.1, 0.15) is 10.7 Å². The fourth-order valence-corrected chi connectivity index (χ4v) is 3.37. The first-order valence-electron chi connectivity index (χ1n) is 5.60. The lowest BCUT2D eigenvalue weighted by molar-refractivity contribution is 0.578. The van der Waals surface area contributed by atoms with Gasteiger partial charge in [-0.3, -0.25) is 0 Å². The summed E-state index contributed by atoms with van der Waals surface area (Å²) in [7, 11) is -3.66. The van der Waals surface area contributed by atoms with Crippen LogP contribution in [-0.4, -0.2) is 24.9 Å². The maximum Gasteiger partial charge on any atom is 0.260 e. The summed E-state index contributed by atoms with van der Waals surface area (Å²) >= 11 is 1.51. The van der Waals surface area contributed by atoms with E-state index in [0.717, 1.165) is 10.7 Å². The van der Waals surface area contributed by atoms with Gasteiger partial charge in [0.2, 0.25) is 0 Å². The second kappa shape index (κ2) is 5.64. The number of sulfonamides is 1. The summed E-state index contributed by atoms with van der Waals surface area (Å²) in [5.74, 6) is 0. The zero-order valence-electron chi connectivity index (χ0n) is 10.3.